The van der Waals surface area contributed by atoms with Gasteiger partial charge in [-0.3, -0.25) is 4.79 Å². The van der Waals surface area contributed by atoms with E-state index in [4.69, 9.17) is 0 Å². The fourth-order valence-corrected chi connectivity index (χ4v) is 5.41. The van der Waals surface area contributed by atoms with Crippen molar-refractivity contribution >= 4 is 5.91 Å². The van der Waals surface area contributed by atoms with E-state index in [0.29, 0.717) is 10.3 Å². The highest BCUT2D eigenvalue weighted by Gasteiger charge is 2.43. The Morgan fingerprint density at radius 2 is 2.00 bits per heavy atom. The van der Waals surface area contributed by atoms with Crippen LogP contribution in [0.15, 0.2) is 24.5 Å². The third kappa shape index (κ3) is 3.88. The summed E-state index contributed by atoms with van der Waals surface area (Å²) in [7, 11) is 0. The zero-order chi connectivity index (χ0) is 18.0. The SMILES string of the molecule is O=C(c1ccc[n+]([O-])c1)N1CC[C@]2(CCCN(CC3CCCCC3)C2)C1. The van der Waals surface area contributed by atoms with E-state index in [1.54, 1.807) is 12.1 Å². The van der Waals surface area contributed by atoms with Gasteiger partial charge in [0, 0.05) is 37.7 Å². The van der Waals surface area contributed by atoms with Crippen LogP contribution in [0.3, 0.4) is 0 Å². The van der Waals surface area contributed by atoms with Gasteiger partial charge in [-0.1, -0.05) is 19.3 Å². The molecule has 1 aromatic rings. The van der Waals surface area contributed by atoms with Gasteiger partial charge in [0.05, 0.1) is 0 Å². The van der Waals surface area contributed by atoms with Crippen molar-refractivity contribution in [3.8, 4) is 0 Å². The molecule has 3 aliphatic rings. The topological polar surface area (TPSA) is 50.5 Å². The van der Waals surface area contributed by atoms with E-state index in [-0.39, 0.29) is 11.3 Å². The molecule has 5 nitrogen and oxygen atoms in total. The van der Waals surface area contributed by atoms with E-state index in [0.717, 1.165) is 32.0 Å². The average molecular weight is 357 g/mol. The van der Waals surface area contributed by atoms with Gasteiger partial charge < -0.3 is 15.0 Å². The molecule has 0 radical (unpaired) electrons. The smallest absolute Gasteiger partial charge is 0.259 e. The zero-order valence-electron chi connectivity index (χ0n) is 15.7. The number of amides is 1. The van der Waals surface area contributed by atoms with Crippen LogP contribution >= 0.6 is 0 Å². The van der Waals surface area contributed by atoms with Crippen LogP contribution in [0.1, 0.15) is 61.7 Å². The van der Waals surface area contributed by atoms with Crippen LogP contribution in [0.25, 0.3) is 0 Å². The van der Waals surface area contributed by atoms with E-state index < -0.39 is 0 Å². The number of pyridine rings is 1. The number of carbonyl (C=O) groups is 1. The Morgan fingerprint density at radius 3 is 2.81 bits per heavy atom. The van der Waals surface area contributed by atoms with Crippen molar-refractivity contribution in [3.63, 3.8) is 0 Å². The van der Waals surface area contributed by atoms with Crippen molar-refractivity contribution < 1.29 is 9.52 Å². The van der Waals surface area contributed by atoms with Gasteiger partial charge in [-0.2, -0.15) is 4.73 Å². The lowest BCUT2D eigenvalue weighted by Crippen LogP contribution is -2.47. The average Bonchev–Trinajstić information content (AvgIpc) is 3.05. The number of piperidine rings is 1. The maximum Gasteiger partial charge on any atom is 0.259 e. The minimum atomic E-state index is 0.0106. The molecular formula is C21H31N3O2. The van der Waals surface area contributed by atoms with Gasteiger partial charge in [0.25, 0.3) is 5.91 Å². The molecule has 142 valence electrons. The predicted molar refractivity (Wildman–Crippen MR) is 101 cm³/mol. The van der Waals surface area contributed by atoms with Crippen molar-refractivity contribution in [1.29, 1.82) is 0 Å². The Morgan fingerprint density at radius 1 is 1.15 bits per heavy atom. The molecule has 3 heterocycles. The lowest BCUT2D eigenvalue weighted by molar-refractivity contribution is -0.605. The molecule has 1 aliphatic carbocycles. The van der Waals surface area contributed by atoms with Crippen LogP contribution in [-0.2, 0) is 0 Å². The van der Waals surface area contributed by atoms with Gasteiger partial charge in [-0.05, 0) is 50.6 Å². The largest absolute Gasteiger partial charge is 0.619 e. The molecule has 2 saturated heterocycles. The quantitative estimate of drug-likeness (QED) is 0.617. The summed E-state index contributed by atoms with van der Waals surface area (Å²) >= 11 is 0. The summed E-state index contributed by atoms with van der Waals surface area (Å²) in [5, 5.41) is 11.5. The minimum absolute atomic E-state index is 0.0106. The second-order valence-electron chi connectivity index (χ2n) is 8.77. The highest BCUT2D eigenvalue weighted by atomic mass is 16.5. The van der Waals surface area contributed by atoms with Gasteiger partial charge in [-0.15, -0.1) is 0 Å². The second-order valence-corrected chi connectivity index (χ2v) is 8.77. The monoisotopic (exact) mass is 357 g/mol. The van der Waals surface area contributed by atoms with E-state index in [9.17, 15) is 10.0 Å². The molecule has 0 aromatic carbocycles. The molecular weight excluding hydrogens is 326 g/mol. The predicted octanol–water partition coefficient (Wildman–Crippen LogP) is 2.83. The third-order valence-electron chi connectivity index (χ3n) is 6.73. The fourth-order valence-electron chi connectivity index (χ4n) is 5.41. The highest BCUT2D eigenvalue weighted by molar-refractivity contribution is 5.93. The first-order chi connectivity index (χ1) is 12.6. The van der Waals surface area contributed by atoms with Crippen LogP contribution in [0, 0.1) is 16.5 Å². The van der Waals surface area contributed by atoms with Crippen molar-refractivity contribution in [2.24, 2.45) is 11.3 Å². The first-order valence-electron chi connectivity index (χ1n) is 10.3. The van der Waals surface area contributed by atoms with Gasteiger partial charge in [0.1, 0.15) is 5.56 Å². The summed E-state index contributed by atoms with van der Waals surface area (Å²) in [4.78, 5) is 17.4. The van der Waals surface area contributed by atoms with Crippen molar-refractivity contribution in [1.82, 2.24) is 9.80 Å². The molecule has 5 heteroatoms. The van der Waals surface area contributed by atoms with Gasteiger partial charge in [-0.25, -0.2) is 0 Å². The fraction of sp³-hybridized carbons (Fsp3) is 0.714. The summed E-state index contributed by atoms with van der Waals surface area (Å²) in [6.45, 7) is 5.29. The summed E-state index contributed by atoms with van der Waals surface area (Å²) in [5.41, 5.74) is 0.777. The van der Waals surface area contributed by atoms with E-state index in [1.807, 2.05) is 4.90 Å². The van der Waals surface area contributed by atoms with Gasteiger partial charge >= 0.3 is 0 Å². The molecule has 2 aliphatic heterocycles. The van der Waals surface area contributed by atoms with E-state index in [1.165, 1.54) is 70.4 Å². The number of carbonyl (C=O) groups excluding carboxylic acids is 1. The second kappa shape index (κ2) is 7.55. The minimum Gasteiger partial charge on any atom is -0.619 e. The summed E-state index contributed by atoms with van der Waals surface area (Å²) in [6, 6.07) is 3.40. The van der Waals surface area contributed by atoms with E-state index in [2.05, 4.69) is 4.90 Å². The number of aromatic nitrogens is 1. The Balaban J connectivity index is 1.37. The molecule has 0 bridgehead atoms. The number of rotatable bonds is 3. The van der Waals surface area contributed by atoms with Crippen LogP contribution in [0.2, 0.25) is 0 Å². The first kappa shape index (κ1) is 17.8. The molecule has 26 heavy (non-hydrogen) atoms. The number of likely N-dealkylation sites (tertiary alicyclic amines) is 2. The van der Waals surface area contributed by atoms with Gasteiger partial charge in [0.2, 0.25) is 0 Å². The normalized spacial score (nSPS) is 27.9. The number of hydrogen-bond acceptors (Lipinski definition) is 3. The van der Waals surface area contributed by atoms with Crippen molar-refractivity contribution in [2.75, 3.05) is 32.7 Å². The van der Waals surface area contributed by atoms with E-state index >= 15 is 0 Å². The summed E-state index contributed by atoms with van der Waals surface area (Å²) in [6.07, 6.45) is 13.4. The Labute approximate surface area is 156 Å². The molecule has 1 atom stereocenters. The van der Waals surface area contributed by atoms with Crippen molar-refractivity contribution in [3.05, 3.63) is 35.3 Å². The molecule has 0 unspecified atom stereocenters. The highest BCUT2D eigenvalue weighted by Crippen LogP contribution is 2.40. The number of hydrogen-bond donors (Lipinski definition) is 0. The Hall–Kier alpha value is -1.62. The molecule has 1 aromatic heterocycles. The van der Waals surface area contributed by atoms with Crippen LogP contribution in [-0.4, -0.2) is 48.4 Å². The van der Waals surface area contributed by atoms with Crippen molar-refractivity contribution in [2.45, 2.75) is 51.4 Å². The van der Waals surface area contributed by atoms with Crippen LogP contribution in [0.4, 0.5) is 0 Å². The Bertz CT molecular complexity index is 644. The van der Waals surface area contributed by atoms with Crippen LogP contribution < -0.4 is 4.73 Å². The zero-order valence-corrected chi connectivity index (χ0v) is 15.7. The Kier molecular flexibility index (Phi) is 5.16. The molecule has 0 N–H and O–H groups in total. The van der Waals surface area contributed by atoms with Crippen LogP contribution in [0.5, 0.6) is 0 Å². The molecule has 3 fully saturated rings. The third-order valence-corrected chi connectivity index (χ3v) is 6.73. The molecule has 1 spiro atoms. The molecule has 1 amide bonds. The lowest BCUT2D eigenvalue weighted by Gasteiger charge is -2.42. The maximum absolute atomic E-state index is 12.8. The maximum atomic E-state index is 12.8. The molecule has 4 rings (SSSR count). The van der Waals surface area contributed by atoms with Gasteiger partial charge in [0.15, 0.2) is 12.4 Å². The molecule has 1 saturated carbocycles. The lowest BCUT2D eigenvalue weighted by atomic mass is 9.78. The summed E-state index contributed by atoms with van der Waals surface area (Å²) < 4.78 is 0.714. The number of nitrogens with zero attached hydrogens (tertiary/aromatic N) is 3. The standard InChI is InChI=1S/C21H31N3O2/c25-20(19-8-4-12-24(26)15-19)23-13-10-21(17-23)9-5-11-22(16-21)14-18-6-2-1-3-7-18/h4,8,12,15,18H,1-3,5-7,9-11,13-14,16-17H2/t21-/m0/s1. The first-order valence-corrected chi connectivity index (χ1v) is 10.3. The summed E-state index contributed by atoms with van der Waals surface area (Å²) in [5.74, 6) is 0.895.